The van der Waals surface area contributed by atoms with Crippen LogP contribution in [0.25, 0.3) is 0 Å². The second-order valence-electron chi connectivity index (χ2n) is 7.86. The van der Waals surface area contributed by atoms with Crippen LogP contribution in [0.2, 0.25) is 0 Å². The summed E-state index contributed by atoms with van der Waals surface area (Å²) in [4.78, 5) is 54.9. The third-order valence-electron chi connectivity index (χ3n) is 5.40. The molecule has 0 bridgehead atoms. The predicted octanol–water partition coefficient (Wildman–Crippen LogP) is -1.23. The third kappa shape index (κ3) is 5.51. The van der Waals surface area contributed by atoms with Gasteiger partial charge in [0.25, 0.3) is 5.91 Å². The fourth-order valence-electron chi connectivity index (χ4n) is 3.74. The molecule has 2 aliphatic heterocycles. The number of aliphatic imine (C=N–C) groups is 1. The molecule has 1 fully saturated rings. The number of benzene rings is 1. The summed E-state index contributed by atoms with van der Waals surface area (Å²) in [5.41, 5.74) is 11.3. The molecule has 4 rings (SSSR count). The van der Waals surface area contributed by atoms with Crippen molar-refractivity contribution >= 4 is 53.3 Å². The van der Waals surface area contributed by atoms with E-state index in [9.17, 15) is 24.3 Å². The third-order valence-corrected chi connectivity index (χ3v) is 7.83. The molecule has 1 aromatic carbocycles. The van der Waals surface area contributed by atoms with Gasteiger partial charge in [-0.2, -0.15) is 4.99 Å². The molecule has 2 unspecified atom stereocenters. The number of aromatic nitrogens is 4. The molecule has 194 valence electrons. The maximum atomic E-state index is 13.2. The maximum absolute atomic E-state index is 13.2. The van der Waals surface area contributed by atoms with E-state index in [1.54, 1.807) is 37.4 Å². The number of carbonyl (C=O) groups excluding carboxylic acids is 3. The molecule has 17 heteroatoms. The molecule has 3 atom stereocenters. The van der Waals surface area contributed by atoms with E-state index in [1.807, 2.05) is 0 Å². The molecule has 0 saturated carbocycles. The highest BCUT2D eigenvalue weighted by molar-refractivity contribution is 8.01. The van der Waals surface area contributed by atoms with Crippen LogP contribution in [0.5, 0.6) is 0 Å². The van der Waals surface area contributed by atoms with Crippen molar-refractivity contribution in [3.8, 4) is 0 Å². The number of carbonyl (C=O) groups is 4. The highest BCUT2D eigenvalue weighted by Gasteiger charge is 2.54. The number of amides is 4. The zero-order valence-electron chi connectivity index (χ0n) is 19.3. The topological polar surface area (TPSA) is 224 Å². The Morgan fingerprint density at radius 3 is 2.65 bits per heavy atom. The predicted molar refractivity (Wildman–Crippen MR) is 133 cm³/mol. The number of β-lactam (4-membered cyclic amide) rings is 1. The zero-order valence-corrected chi connectivity index (χ0v) is 20.9. The number of carboxylic acids is 1. The summed E-state index contributed by atoms with van der Waals surface area (Å²) in [5.74, 6) is -2.39. The van der Waals surface area contributed by atoms with Crippen LogP contribution in [0.3, 0.4) is 0 Å². The van der Waals surface area contributed by atoms with E-state index in [1.165, 1.54) is 33.1 Å². The van der Waals surface area contributed by atoms with Crippen LogP contribution in [-0.4, -0.2) is 82.9 Å². The van der Waals surface area contributed by atoms with E-state index < -0.39 is 47.2 Å². The maximum Gasteiger partial charge on any atom is 0.352 e. The molecule has 4 amide bonds. The van der Waals surface area contributed by atoms with Gasteiger partial charge in [-0.3, -0.25) is 14.5 Å². The Labute approximate surface area is 218 Å². The Hall–Kier alpha value is -4.12. The van der Waals surface area contributed by atoms with Crippen LogP contribution in [0.1, 0.15) is 11.6 Å². The molecule has 0 radical (unpaired) electrons. The van der Waals surface area contributed by atoms with Crippen LogP contribution >= 0.6 is 23.5 Å². The van der Waals surface area contributed by atoms with Gasteiger partial charge in [-0.1, -0.05) is 42.1 Å². The minimum Gasteiger partial charge on any atom is -0.477 e. The molecule has 1 aromatic heterocycles. The number of urea groups is 1. The summed E-state index contributed by atoms with van der Waals surface area (Å²) in [6.07, 6.45) is 0. The number of aryl methyl sites for hydroxylation is 1. The molecule has 0 spiro atoms. The first-order valence-electron chi connectivity index (χ1n) is 10.7. The number of nitrogens with zero attached hydrogens (tertiary/aromatic N) is 6. The van der Waals surface area contributed by atoms with Crippen LogP contribution in [-0.2, 0) is 21.4 Å². The fraction of sp³-hybridized carbons (Fsp3) is 0.300. The number of nitrogens with two attached hydrogens (primary N) is 2. The van der Waals surface area contributed by atoms with Gasteiger partial charge < -0.3 is 27.2 Å². The van der Waals surface area contributed by atoms with Crippen molar-refractivity contribution in [2.45, 2.75) is 22.6 Å². The van der Waals surface area contributed by atoms with E-state index >= 15 is 0 Å². The SMILES string of the molecule is Cn1nnnc1SCC1=C(C(=O)O)N2C(=O)C(NC(=O)C(NC(=O)N=C(N)N)c3ccccc3)[C@@H]2SC1. The second kappa shape index (κ2) is 10.9. The van der Waals surface area contributed by atoms with E-state index in [2.05, 4.69) is 31.2 Å². The quantitative estimate of drug-likeness (QED) is 0.113. The fourth-order valence-corrected chi connectivity index (χ4v) is 6.08. The molecule has 37 heavy (non-hydrogen) atoms. The van der Waals surface area contributed by atoms with Gasteiger partial charge in [0.2, 0.25) is 11.1 Å². The van der Waals surface area contributed by atoms with Gasteiger partial charge in [-0.05, 0) is 21.6 Å². The van der Waals surface area contributed by atoms with Crippen LogP contribution < -0.4 is 22.1 Å². The van der Waals surface area contributed by atoms with Crippen molar-refractivity contribution in [2.75, 3.05) is 11.5 Å². The lowest BCUT2D eigenvalue weighted by Gasteiger charge is -2.49. The Morgan fingerprint density at radius 2 is 2.03 bits per heavy atom. The molecule has 2 aliphatic rings. The van der Waals surface area contributed by atoms with Gasteiger partial charge in [0, 0.05) is 18.6 Å². The van der Waals surface area contributed by atoms with Crippen molar-refractivity contribution in [1.29, 1.82) is 0 Å². The lowest BCUT2D eigenvalue weighted by atomic mass is 10.0. The number of carboxylic acid groups (broad SMARTS) is 1. The highest BCUT2D eigenvalue weighted by atomic mass is 32.2. The van der Waals surface area contributed by atoms with Gasteiger partial charge in [0.15, 0.2) is 5.96 Å². The molecule has 15 nitrogen and oxygen atoms in total. The highest BCUT2D eigenvalue weighted by Crippen LogP contribution is 2.41. The average molecular weight is 547 g/mol. The Morgan fingerprint density at radius 1 is 1.30 bits per heavy atom. The Kier molecular flexibility index (Phi) is 7.63. The Balaban J connectivity index is 1.50. The van der Waals surface area contributed by atoms with Gasteiger partial charge in [0.05, 0.1) is 0 Å². The van der Waals surface area contributed by atoms with E-state index in [4.69, 9.17) is 11.5 Å². The summed E-state index contributed by atoms with van der Waals surface area (Å²) >= 11 is 2.57. The van der Waals surface area contributed by atoms with Gasteiger partial charge >= 0.3 is 12.0 Å². The van der Waals surface area contributed by atoms with Crippen LogP contribution in [0.4, 0.5) is 4.79 Å². The first kappa shape index (κ1) is 26.0. The molecule has 0 aliphatic carbocycles. The van der Waals surface area contributed by atoms with Crippen molar-refractivity contribution in [3.05, 3.63) is 47.2 Å². The van der Waals surface area contributed by atoms with Gasteiger partial charge in [0.1, 0.15) is 23.2 Å². The zero-order chi connectivity index (χ0) is 26.7. The van der Waals surface area contributed by atoms with Crippen LogP contribution in [0.15, 0.2) is 51.8 Å². The number of tetrazole rings is 1. The van der Waals surface area contributed by atoms with E-state index in [-0.39, 0.29) is 11.4 Å². The number of rotatable bonds is 8. The lowest BCUT2D eigenvalue weighted by molar-refractivity contribution is -0.150. The average Bonchev–Trinajstić information content (AvgIpc) is 3.28. The van der Waals surface area contributed by atoms with Crippen LogP contribution in [0, 0.1) is 0 Å². The molecule has 1 saturated heterocycles. The summed E-state index contributed by atoms with van der Waals surface area (Å²) in [7, 11) is 1.66. The minimum absolute atomic E-state index is 0.123. The first-order valence-corrected chi connectivity index (χ1v) is 12.7. The molecular weight excluding hydrogens is 524 g/mol. The van der Waals surface area contributed by atoms with E-state index in [0.717, 1.165) is 0 Å². The van der Waals surface area contributed by atoms with Crippen molar-refractivity contribution in [1.82, 2.24) is 35.7 Å². The standard InChI is InChI=1S/C20H22N10O5S2/c1-29-20(26-27-28-29)37-8-10-7-36-16-12(15(32)30(16)13(10)17(33)34)23-14(31)11(9-5-3-2-4-6-9)24-19(35)25-18(21)22/h2-6,11-12,16H,7-8H2,1H3,(H,23,31)(H,33,34)(H5,21,22,24,25,35)/t11?,12?,16-/m0/s1. The number of fused-ring (bicyclic) bond motifs is 1. The number of hydrogen-bond donors (Lipinski definition) is 5. The number of hydrogen-bond acceptors (Lipinski definition) is 9. The molecule has 3 heterocycles. The summed E-state index contributed by atoms with van der Waals surface area (Å²) in [6.45, 7) is 0. The largest absolute Gasteiger partial charge is 0.477 e. The van der Waals surface area contributed by atoms with Crippen molar-refractivity contribution in [3.63, 3.8) is 0 Å². The first-order chi connectivity index (χ1) is 17.7. The molecule has 7 N–H and O–H groups in total. The Bertz CT molecular complexity index is 1290. The number of nitrogens with one attached hydrogen (secondary N) is 2. The summed E-state index contributed by atoms with van der Waals surface area (Å²) in [5, 5.41) is 25.9. The number of guanidine groups is 1. The normalized spacial score (nSPS) is 19.4. The second-order valence-corrected chi connectivity index (χ2v) is 9.90. The summed E-state index contributed by atoms with van der Waals surface area (Å²) < 4.78 is 1.46. The number of aliphatic carboxylic acids is 1. The smallest absolute Gasteiger partial charge is 0.352 e. The van der Waals surface area contributed by atoms with Crippen molar-refractivity contribution < 1.29 is 24.3 Å². The summed E-state index contributed by atoms with van der Waals surface area (Å²) in [6, 6.07) is 5.20. The molecular formula is C20H22N10O5S2. The van der Waals surface area contributed by atoms with Gasteiger partial charge in [-0.25, -0.2) is 14.3 Å². The monoisotopic (exact) mass is 546 g/mol. The lowest BCUT2D eigenvalue weighted by Crippen LogP contribution is -2.71. The molecule has 2 aromatic rings. The van der Waals surface area contributed by atoms with Gasteiger partial charge in [-0.15, -0.1) is 16.9 Å². The number of thioether (sulfide) groups is 2. The minimum atomic E-state index is -1.25. The van der Waals surface area contributed by atoms with Crippen molar-refractivity contribution in [2.24, 2.45) is 23.5 Å². The van der Waals surface area contributed by atoms with E-state index in [0.29, 0.717) is 22.0 Å².